The first-order valence-electron chi connectivity index (χ1n) is 6.56. The van der Waals surface area contributed by atoms with E-state index in [1.165, 1.54) is 12.1 Å². The minimum absolute atomic E-state index is 0.0374. The zero-order chi connectivity index (χ0) is 16.1. The molecular weight excluding hydrogens is 280 g/mol. The van der Waals surface area contributed by atoms with E-state index in [9.17, 15) is 15.4 Å². The summed E-state index contributed by atoms with van der Waals surface area (Å²) in [6, 6.07) is 13.7. The molecule has 0 atom stereocenters. The molecule has 0 aliphatic heterocycles. The zero-order valence-electron chi connectivity index (χ0n) is 12.2. The molecule has 0 bridgehead atoms. The van der Waals surface area contributed by atoms with Crippen molar-refractivity contribution in [1.29, 1.82) is 5.26 Å². The van der Waals surface area contributed by atoms with Gasteiger partial charge in [-0.25, -0.2) is 0 Å². The molecule has 2 rings (SSSR count). The summed E-state index contributed by atoms with van der Waals surface area (Å²) in [6.45, 7) is 1.91. The Balaban J connectivity index is 2.44. The van der Waals surface area contributed by atoms with E-state index in [4.69, 9.17) is 4.74 Å². The van der Waals surface area contributed by atoms with Crippen molar-refractivity contribution in [2.24, 2.45) is 0 Å². The molecule has 0 radical (unpaired) electrons. The Hall–Kier alpha value is -3.13. The van der Waals surface area contributed by atoms with Crippen molar-refractivity contribution in [2.75, 3.05) is 7.11 Å². The number of nitro benzene ring substituents is 1. The van der Waals surface area contributed by atoms with E-state index in [1.54, 1.807) is 25.3 Å². The fourth-order valence-corrected chi connectivity index (χ4v) is 2.13. The van der Waals surface area contributed by atoms with Crippen LogP contribution in [0.15, 0.2) is 42.5 Å². The lowest BCUT2D eigenvalue weighted by Crippen LogP contribution is -1.90. The molecule has 0 aliphatic carbocycles. The van der Waals surface area contributed by atoms with Gasteiger partial charge in [0, 0.05) is 12.1 Å². The molecule has 5 heteroatoms. The molecule has 110 valence electrons. The van der Waals surface area contributed by atoms with Crippen LogP contribution >= 0.6 is 0 Å². The first kappa shape index (κ1) is 15.3. The molecule has 0 N–H and O–H groups in total. The SMILES string of the molecule is COc1ccc(/C=C(/C#N)c2cccc([N+](=O)[O-])c2)cc1C. The third kappa shape index (κ3) is 3.30. The van der Waals surface area contributed by atoms with E-state index in [2.05, 4.69) is 6.07 Å². The maximum atomic E-state index is 10.8. The number of allylic oxidation sites excluding steroid dienone is 1. The van der Waals surface area contributed by atoms with Crippen molar-refractivity contribution in [3.05, 3.63) is 69.3 Å². The quantitative estimate of drug-likeness (QED) is 0.370. The van der Waals surface area contributed by atoms with Crippen molar-refractivity contribution in [2.45, 2.75) is 6.92 Å². The van der Waals surface area contributed by atoms with E-state index in [0.29, 0.717) is 11.1 Å². The fraction of sp³-hybridized carbons (Fsp3) is 0.118. The average Bonchev–Trinajstić information content (AvgIpc) is 2.52. The van der Waals surface area contributed by atoms with Gasteiger partial charge in [0.25, 0.3) is 5.69 Å². The first-order chi connectivity index (χ1) is 10.5. The number of nitro groups is 1. The minimum Gasteiger partial charge on any atom is -0.496 e. The van der Waals surface area contributed by atoms with Crippen LogP contribution in [0.4, 0.5) is 5.69 Å². The number of benzene rings is 2. The third-order valence-corrected chi connectivity index (χ3v) is 3.22. The predicted octanol–water partition coefficient (Wildman–Crippen LogP) is 3.98. The van der Waals surface area contributed by atoms with Crippen LogP contribution in [0.2, 0.25) is 0 Å². The van der Waals surface area contributed by atoms with Crippen LogP contribution in [-0.4, -0.2) is 12.0 Å². The number of nitrogens with zero attached hydrogens (tertiary/aromatic N) is 2. The lowest BCUT2D eigenvalue weighted by Gasteiger charge is -2.05. The van der Waals surface area contributed by atoms with Crippen molar-refractivity contribution in [1.82, 2.24) is 0 Å². The second kappa shape index (κ2) is 6.55. The third-order valence-electron chi connectivity index (χ3n) is 3.22. The van der Waals surface area contributed by atoms with Crippen LogP contribution in [0.5, 0.6) is 5.75 Å². The molecule has 2 aromatic carbocycles. The van der Waals surface area contributed by atoms with Crippen molar-refractivity contribution < 1.29 is 9.66 Å². The van der Waals surface area contributed by atoms with E-state index in [1.807, 2.05) is 25.1 Å². The smallest absolute Gasteiger partial charge is 0.270 e. The summed E-state index contributed by atoms with van der Waals surface area (Å²) in [6.07, 6.45) is 1.70. The molecule has 0 amide bonds. The molecule has 0 saturated carbocycles. The molecule has 0 saturated heterocycles. The van der Waals surface area contributed by atoms with E-state index >= 15 is 0 Å². The van der Waals surface area contributed by atoms with Gasteiger partial charge in [-0.15, -0.1) is 0 Å². The standard InChI is InChI=1S/C17H14N2O3/c1-12-8-13(6-7-17(12)22-2)9-15(11-18)14-4-3-5-16(10-14)19(20)21/h3-10H,1-2H3/b15-9-. The monoisotopic (exact) mass is 294 g/mol. The van der Waals surface area contributed by atoms with Crippen molar-refractivity contribution in [3.63, 3.8) is 0 Å². The number of hydrogen-bond acceptors (Lipinski definition) is 4. The van der Waals surface area contributed by atoms with Gasteiger partial charge >= 0.3 is 0 Å². The number of aryl methyl sites for hydroxylation is 1. The Kier molecular flexibility index (Phi) is 4.54. The number of rotatable bonds is 4. The predicted molar refractivity (Wildman–Crippen MR) is 84.3 cm³/mol. The van der Waals surface area contributed by atoms with Crippen LogP contribution < -0.4 is 4.74 Å². The van der Waals surface area contributed by atoms with Gasteiger partial charge in [-0.05, 0) is 41.8 Å². The molecule has 0 spiro atoms. The molecule has 0 aliphatic rings. The topological polar surface area (TPSA) is 76.2 Å². The number of hydrogen-bond donors (Lipinski definition) is 0. The van der Waals surface area contributed by atoms with Crippen molar-refractivity contribution >= 4 is 17.3 Å². The Morgan fingerprint density at radius 3 is 2.68 bits per heavy atom. The normalized spacial score (nSPS) is 10.9. The van der Waals surface area contributed by atoms with Crippen LogP contribution in [0, 0.1) is 28.4 Å². The zero-order valence-corrected chi connectivity index (χ0v) is 12.2. The Morgan fingerprint density at radius 2 is 2.09 bits per heavy atom. The molecule has 22 heavy (non-hydrogen) atoms. The number of ether oxygens (including phenoxy) is 1. The summed E-state index contributed by atoms with van der Waals surface area (Å²) in [5.41, 5.74) is 2.64. The van der Waals surface area contributed by atoms with Crippen LogP contribution in [0.3, 0.4) is 0 Å². The maximum absolute atomic E-state index is 10.8. The largest absolute Gasteiger partial charge is 0.496 e. The fourth-order valence-electron chi connectivity index (χ4n) is 2.13. The lowest BCUT2D eigenvalue weighted by molar-refractivity contribution is -0.384. The second-order valence-electron chi connectivity index (χ2n) is 4.71. The highest BCUT2D eigenvalue weighted by Crippen LogP contribution is 2.24. The van der Waals surface area contributed by atoms with Crippen LogP contribution in [-0.2, 0) is 0 Å². The Morgan fingerprint density at radius 1 is 1.32 bits per heavy atom. The second-order valence-corrected chi connectivity index (χ2v) is 4.71. The summed E-state index contributed by atoms with van der Waals surface area (Å²) in [5, 5.41) is 20.2. The Bertz CT molecular complexity index is 789. The van der Waals surface area contributed by atoms with Gasteiger partial charge in [0.05, 0.1) is 23.7 Å². The van der Waals surface area contributed by atoms with Crippen molar-refractivity contribution in [3.8, 4) is 11.8 Å². The van der Waals surface area contributed by atoms with Crippen LogP contribution in [0.1, 0.15) is 16.7 Å². The molecule has 0 heterocycles. The molecule has 0 fully saturated rings. The highest BCUT2D eigenvalue weighted by Gasteiger charge is 2.09. The van der Waals surface area contributed by atoms with Gasteiger partial charge in [0.15, 0.2) is 0 Å². The van der Waals surface area contributed by atoms with Gasteiger partial charge in [-0.2, -0.15) is 5.26 Å². The summed E-state index contributed by atoms with van der Waals surface area (Å²) >= 11 is 0. The molecule has 0 aromatic heterocycles. The highest BCUT2D eigenvalue weighted by molar-refractivity contribution is 5.90. The number of nitriles is 1. The Labute approximate surface area is 128 Å². The van der Waals surface area contributed by atoms with E-state index in [-0.39, 0.29) is 5.69 Å². The molecular formula is C17H14N2O3. The van der Waals surface area contributed by atoms with E-state index in [0.717, 1.165) is 16.9 Å². The summed E-state index contributed by atoms with van der Waals surface area (Å²) < 4.78 is 5.20. The minimum atomic E-state index is -0.476. The molecule has 0 unspecified atom stereocenters. The summed E-state index contributed by atoms with van der Waals surface area (Å²) in [5.74, 6) is 0.769. The summed E-state index contributed by atoms with van der Waals surface area (Å²) in [7, 11) is 1.60. The van der Waals surface area contributed by atoms with Gasteiger partial charge in [-0.1, -0.05) is 18.2 Å². The summed E-state index contributed by atoms with van der Waals surface area (Å²) in [4.78, 5) is 10.4. The van der Waals surface area contributed by atoms with Gasteiger partial charge in [0.2, 0.25) is 0 Å². The molecule has 2 aromatic rings. The maximum Gasteiger partial charge on any atom is 0.270 e. The number of methoxy groups -OCH3 is 1. The van der Waals surface area contributed by atoms with Crippen LogP contribution in [0.25, 0.3) is 11.6 Å². The van der Waals surface area contributed by atoms with Gasteiger partial charge < -0.3 is 4.74 Å². The highest BCUT2D eigenvalue weighted by atomic mass is 16.6. The van der Waals surface area contributed by atoms with Gasteiger partial charge in [0.1, 0.15) is 5.75 Å². The lowest BCUT2D eigenvalue weighted by atomic mass is 10.0. The average molecular weight is 294 g/mol. The van der Waals surface area contributed by atoms with Gasteiger partial charge in [-0.3, -0.25) is 10.1 Å². The first-order valence-corrected chi connectivity index (χ1v) is 6.56. The number of non-ortho nitro benzene ring substituents is 1. The molecule has 5 nitrogen and oxygen atoms in total. The van der Waals surface area contributed by atoms with E-state index < -0.39 is 4.92 Å².